The molecule has 3 heteroatoms. The van der Waals surface area contributed by atoms with Gasteiger partial charge in [-0.2, -0.15) is 0 Å². The van der Waals surface area contributed by atoms with Gasteiger partial charge in [-0.15, -0.1) is 0 Å². The minimum Gasteiger partial charge on any atom is -0.480 e. The predicted molar refractivity (Wildman–Crippen MR) is 62.3 cm³/mol. The second-order valence-corrected chi connectivity index (χ2v) is 4.50. The molecule has 1 atom stereocenters. The second kappa shape index (κ2) is 4.66. The molecule has 86 valence electrons. The van der Waals surface area contributed by atoms with Gasteiger partial charge in [-0.3, -0.25) is 10.1 Å². The number of carboxylic acids is 1. The largest absolute Gasteiger partial charge is 0.480 e. The first-order valence-electron chi connectivity index (χ1n) is 5.68. The number of carbonyl (C=O) groups is 1. The van der Waals surface area contributed by atoms with Crippen LogP contribution >= 0.6 is 0 Å². The van der Waals surface area contributed by atoms with E-state index in [2.05, 4.69) is 36.5 Å². The average molecular weight is 219 g/mol. The van der Waals surface area contributed by atoms with Crippen LogP contribution in [0.1, 0.15) is 30.0 Å². The lowest BCUT2D eigenvalue weighted by molar-refractivity contribution is -0.136. The molecule has 0 spiro atoms. The summed E-state index contributed by atoms with van der Waals surface area (Å²) in [6.07, 6.45) is 2.40. The zero-order valence-corrected chi connectivity index (χ0v) is 9.44. The van der Waals surface area contributed by atoms with Crippen LogP contribution in [0, 0.1) is 12.8 Å². The van der Waals surface area contributed by atoms with Gasteiger partial charge in [-0.25, -0.2) is 0 Å². The SMILES string of the molecule is Cc1ccc(C(NCC(=O)O)C2CC2)cc1. The standard InChI is InChI=1S/C13H17NO2/c1-9-2-4-10(5-3-9)13(11-6-7-11)14-8-12(15)16/h2-5,11,13-14H,6-8H2,1H3,(H,15,16). The van der Waals surface area contributed by atoms with Gasteiger partial charge >= 0.3 is 5.97 Å². The summed E-state index contributed by atoms with van der Waals surface area (Å²) in [5.41, 5.74) is 2.44. The zero-order chi connectivity index (χ0) is 11.5. The molecule has 0 aliphatic heterocycles. The van der Waals surface area contributed by atoms with Crippen molar-refractivity contribution >= 4 is 5.97 Å². The maximum atomic E-state index is 10.6. The van der Waals surface area contributed by atoms with Crippen molar-refractivity contribution in [3.63, 3.8) is 0 Å². The van der Waals surface area contributed by atoms with Crippen LogP contribution in [0.4, 0.5) is 0 Å². The Labute approximate surface area is 95.5 Å². The summed E-state index contributed by atoms with van der Waals surface area (Å²) in [5.74, 6) is -0.181. The van der Waals surface area contributed by atoms with E-state index in [1.54, 1.807) is 0 Å². The molecule has 1 aliphatic rings. The highest BCUT2D eigenvalue weighted by Crippen LogP contribution is 2.40. The normalized spacial score (nSPS) is 17.1. The minimum absolute atomic E-state index is 0.0367. The molecule has 0 bridgehead atoms. The summed E-state index contributed by atoms with van der Waals surface area (Å²) in [6.45, 7) is 2.09. The Kier molecular flexibility index (Phi) is 3.25. The summed E-state index contributed by atoms with van der Waals surface area (Å²) in [6, 6.07) is 8.54. The van der Waals surface area contributed by atoms with Gasteiger partial charge in [0.2, 0.25) is 0 Å². The van der Waals surface area contributed by atoms with Gasteiger partial charge in [0.1, 0.15) is 0 Å². The Morgan fingerprint density at radius 1 is 1.44 bits per heavy atom. The van der Waals surface area contributed by atoms with Crippen LogP contribution in [0.25, 0.3) is 0 Å². The molecule has 1 aromatic carbocycles. The van der Waals surface area contributed by atoms with Crippen molar-refractivity contribution in [2.45, 2.75) is 25.8 Å². The van der Waals surface area contributed by atoms with Gasteiger partial charge in [-0.05, 0) is 31.2 Å². The Morgan fingerprint density at radius 2 is 2.06 bits per heavy atom. The molecule has 0 heterocycles. The highest BCUT2D eigenvalue weighted by molar-refractivity contribution is 5.69. The maximum Gasteiger partial charge on any atom is 0.317 e. The van der Waals surface area contributed by atoms with E-state index in [1.165, 1.54) is 24.0 Å². The van der Waals surface area contributed by atoms with E-state index in [9.17, 15) is 4.79 Å². The third-order valence-electron chi connectivity index (χ3n) is 3.00. The van der Waals surface area contributed by atoms with Crippen LogP contribution in [-0.4, -0.2) is 17.6 Å². The number of rotatable bonds is 5. The van der Waals surface area contributed by atoms with Crippen LogP contribution in [-0.2, 0) is 4.79 Å². The summed E-state index contributed by atoms with van der Waals surface area (Å²) in [4.78, 5) is 10.6. The predicted octanol–water partition coefficient (Wildman–Crippen LogP) is 2.12. The van der Waals surface area contributed by atoms with Gasteiger partial charge in [0.25, 0.3) is 0 Å². The fraction of sp³-hybridized carbons (Fsp3) is 0.462. The molecule has 1 aromatic rings. The Morgan fingerprint density at radius 3 is 2.56 bits per heavy atom. The lowest BCUT2D eigenvalue weighted by atomic mass is 10.0. The van der Waals surface area contributed by atoms with Gasteiger partial charge < -0.3 is 5.11 Å². The monoisotopic (exact) mass is 219 g/mol. The molecule has 1 saturated carbocycles. The number of hydrogen-bond acceptors (Lipinski definition) is 2. The van der Waals surface area contributed by atoms with E-state index in [4.69, 9.17) is 5.11 Å². The smallest absolute Gasteiger partial charge is 0.317 e. The first-order chi connectivity index (χ1) is 7.66. The van der Waals surface area contributed by atoms with Crippen LogP contribution in [0.2, 0.25) is 0 Å². The molecule has 0 aromatic heterocycles. The summed E-state index contributed by atoms with van der Waals surface area (Å²) in [7, 11) is 0. The first kappa shape index (κ1) is 11.1. The highest BCUT2D eigenvalue weighted by Gasteiger charge is 2.32. The Hall–Kier alpha value is -1.35. The number of hydrogen-bond donors (Lipinski definition) is 2. The third-order valence-corrected chi connectivity index (χ3v) is 3.00. The van der Waals surface area contributed by atoms with Crippen molar-refractivity contribution in [3.05, 3.63) is 35.4 Å². The van der Waals surface area contributed by atoms with Crippen LogP contribution in [0.15, 0.2) is 24.3 Å². The van der Waals surface area contributed by atoms with Gasteiger partial charge in [0, 0.05) is 6.04 Å². The van der Waals surface area contributed by atoms with Crippen LogP contribution in [0.3, 0.4) is 0 Å². The van der Waals surface area contributed by atoms with E-state index in [-0.39, 0.29) is 12.6 Å². The number of aliphatic carboxylic acids is 1. The van der Waals surface area contributed by atoms with Gasteiger partial charge in [0.15, 0.2) is 0 Å². The lowest BCUT2D eigenvalue weighted by Gasteiger charge is -2.17. The molecular weight excluding hydrogens is 202 g/mol. The molecule has 0 amide bonds. The lowest BCUT2D eigenvalue weighted by Crippen LogP contribution is -2.28. The molecule has 2 N–H and O–H groups in total. The van der Waals surface area contributed by atoms with Crippen molar-refractivity contribution in [3.8, 4) is 0 Å². The molecule has 16 heavy (non-hydrogen) atoms. The maximum absolute atomic E-state index is 10.6. The average Bonchev–Trinajstić information content (AvgIpc) is 3.04. The fourth-order valence-electron chi connectivity index (χ4n) is 1.96. The van der Waals surface area contributed by atoms with Crippen molar-refractivity contribution in [2.24, 2.45) is 5.92 Å². The first-order valence-corrected chi connectivity index (χ1v) is 5.68. The zero-order valence-electron chi connectivity index (χ0n) is 9.44. The van der Waals surface area contributed by atoms with Gasteiger partial charge in [0.05, 0.1) is 6.54 Å². The van der Waals surface area contributed by atoms with E-state index in [1.807, 2.05) is 0 Å². The number of nitrogens with one attached hydrogen (secondary N) is 1. The summed E-state index contributed by atoms with van der Waals surface area (Å²) >= 11 is 0. The van der Waals surface area contributed by atoms with Crippen LogP contribution in [0.5, 0.6) is 0 Å². The number of benzene rings is 1. The minimum atomic E-state index is -0.794. The van der Waals surface area contributed by atoms with E-state index in [0.29, 0.717) is 5.92 Å². The second-order valence-electron chi connectivity index (χ2n) is 4.50. The topological polar surface area (TPSA) is 49.3 Å². The molecule has 1 fully saturated rings. The quantitative estimate of drug-likeness (QED) is 0.797. The molecule has 1 unspecified atom stereocenters. The summed E-state index contributed by atoms with van der Waals surface area (Å²) in [5, 5.41) is 11.8. The number of aryl methyl sites for hydroxylation is 1. The Bertz CT molecular complexity index is 368. The molecule has 3 nitrogen and oxygen atoms in total. The van der Waals surface area contributed by atoms with E-state index >= 15 is 0 Å². The molecule has 1 aliphatic carbocycles. The van der Waals surface area contributed by atoms with Crippen molar-refractivity contribution in [1.82, 2.24) is 5.32 Å². The van der Waals surface area contributed by atoms with Crippen molar-refractivity contribution in [1.29, 1.82) is 0 Å². The Balaban J connectivity index is 2.06. The van der Waals surface area contributed by atoms with Gasteiger partial charge in [-0.1, -0.05) is 29.8 Å². The molecule has 2 rings (SSSR count). The number of carboxylic acid groups (broad SMARTS) is 1. The van der Waals surface area contributed by atoms with Crippen molar-refractivity contribution < 1.29 is 9.90 Å². The highest BCUT2D eigenvalue weighted by atomic mass is 16.4. The molecular formula is C13H17NO2. The van der Waals surface area contributed by atoms with Crippen molar-refractivity contribution in [2.75, 3.05) is 6.54 Å². The third kappa shape index (κ3) is 2.83. The van der Waals surface area contributed by atoms with Crippen LogP contribution < -0.4 is 5.32 Å². The fourth-order valence-corrected chi connectivity index (χ4v) is 1.96. The van der Waals surface area contributed by atoms with E-state index < -0.39 is 5.97 Å². The van der Waals surface area contributed by atoms with E-state index in [0.717, 1.165) is 0 Å². The molecule has 0 radical (unpaired) electrons. The molecule has 0 saturated heterocycles. The summed E-state index contributed by atoms with van der Waals surface area (Å²) < 4.78 is 0.